The molecule has 5 heteroatoms. The van der Waals surface area contributed by atoms with Crippen molar-refractivity contribution in [2.24, 2.45) is 11.8 Å². The second-order valence-electron chi connectivity index (χ2n) is 5.58. The van der Waals surface area contributed by atoms with Gasteiger partial charge in [0.25, 0.3) is 0 Å². The zero-order valence-corrected chi connectivity index (χ0v) is 11.3. The van der Waals surface area contributed by atoms with Crippen LogP contribution >= 0.6 is 0 Å². The van der Waals surface area contributed by atoms with Crippen LogP contribution in [0.15, 0.2) is 0 Å². The molecule has 1 aliphatic rings. The van der Waals surface area contributed by atoms with E-state index in [2.05, 4.69) is 24.5 Å². The number of hydrogen-bond donors (Lipinski definition) is 2. The summed E-state index contributed by atoms with van der Waals surface area (Å²) < 4.78 is 37.8. The van der Waals surface area contributed by atoms with Crippen molar-refractivity contribution in [3.63, 3.8) is 0 Å². The number of halogens is 3. The maximum atomic E-state index is 12.6. The maximum absolute atomic E-state index is 12.6. The second-order valence-corrected chi connectivity index (χ2v) is 5.58. The van der Waals surface area contributed by atoms with E-state index in [0.29, 0.717) is 31.8 Å². The van der Waals surface area contributed by atoms with Crippen molar-refractivity contribution in [3.05, 3.63) is 0 Å². The van der Waals surface area contributed by atoms with Crippen LogP contribution < -0.4 is 10.6 Å². The molecule has 1 saturated carbocycles. The summed E-state index contributed by atoms with van der Waals surface area (Å²) in [5, 5.41) is 6.53. The molecule has 0 bridgehead atoms. The average molecular weight is 266 g/mol. The lowest BCUT2D eigenvalue weighted by Crippen LogP contribution is -2.36. The van der Waals surface area contributed by atoms with Gasteiger partial charge in [0.2, 0.25) is 0 Å². The SMILES string of the molecule is CC(C)NCCNCC1CCCC(C(F)(F)F)C1. The Morgan fingerprint density at radius 1 is 1.17 bits per heavy atom. The van der Waals surface area contributed by atoms with Crippen LogP contribution in [0.2, 0.25) is 0 Å². The summed E-state index contributed by atoms with van der Waals surface area (Å²) in [6, 6.07) is 0.455. The van der Waals surface area contributed by atoms with E-state index in [0.717, 1.165) is 19.5 Å². The van der Waals surface area contributed by atoms with Crippen LogP contribution in [-0.2, 0) is 0 Å². The van der Waals surface area contributed by atoms with Gasteiger partial charge in [0.05, 0.1) is 5.92 Å². The Hall–Kier alpha value is -0.290. The quantitative estimate of drug-likeness (QED) is 0.722. The van der Waals surface area contributed by atoms with E-state index < -0.39 is 12.1 Å². The smallest absolute Gasteiger partial charge is 0.315 e. The zero-order valence-electron chi connectivity index (χ0n) is 11.3. The van der Waals surface area contributed by atoms with Gasteiger partial charge in [0.15, 0.2) is 0 Å². The van der Waals surface area contributed by atoms with Crippen molar-refractivity contribution in [1.29, 1.82) is 0 Å². The fourth-order valence-corrected chi connectivity index (χ4v) is 2.53. The van der Waals surface area contributed by atoms with Gasteiger partial charge < -0.3 is 10.6 Å². The van der Waals surface area contributed by atoms with Gasteiger partial charge in [0, 0.05) is 19.1 Å². The molecule has 0 heterocycles. The molecule has 2 unspecified atom stereocenters. The molecule has 1 aliphatic carbocycles. The third-order valence-electron chi connectivity index (χ3n) is 3.53. The first-order valence-corrected chi connectivity index (χ1v) is 6.90. The van der Waals surface area contributed by atoms with E-state index in [-0.39, 0.29) is 5.92 Å². The summed E-state index contributed by atoms with van der Waals surface area (Å²) in [5.41, 5.74) is 0. The first kappa shape index (κ1) is 15.8. The fourth-order valence-electron chi connectivity index (χ4n) is 2.53. The summed E-state index contributed by atoms with van der Waals surface area (Å²) >= 11 is 0. The Labute approximate surface area is 108 Å². The highest BCUT2D eigenvalue weighted by atomic mass is 19.4. The van der Waals surface area contributed by atoms with Gasteiger partial charge in [-0.2, -0.15) is 13.2 Å². The topological polar surface area (TPSA) is 24.1 Å². The van der Waals surface area contributed by atoms with Gasteiger partial charge in [-0.1, -0.05) is 20.3 Å². The minimum atomic E-state index is -4.00. The number of rotatable bonds is 6. The zero-order chi connectivity index (χ0) is 13.6. The molecule has 0 aromatic heterocycles. The van der Waals surface area contributed by atoms with E-state index in [1.165, 1.54) is 0 Å². The molecule has 0 aromatic rings. The van der Waals surface area contributed by atoms with Crippen LogP contribution in [0, 0.1) is 11.8 Å². The third-order valence-corrected chi connectivity index (χ3v) is 3.53. The molecule has 0 radical (unpaired) electrons. The van der Waals surface area contributed by atoms with Crippen molar-refractivity contribution in [2.75, 3.05) is 19.6 Å². The maximum Gasteiger partial charge on any atom is 0.391 e. The summed E-state index contributed by atoms with van der Waals surface area (Å²) in [5.74, 6) is -0.892. The third kappa shape index (κ3) is 6.05. The standard InChI is InChI=1S/C13H25F3N2/c1-10(2)18-7-6-17-9-11-4-3-5-12(8-11)13(14,15)16/h10-12,17-18H,3-9H2,1-2H3. The van der Waals surface area contributed by atoms with Crippen LogP contribution in [0.4, 0.5) is 13.2 Å². The van der Waals surface area contributed by atoms with Gasteiger partial charge in [-0.05, 0) is 31.7 Å². The Morgan fingerprint density at radius 2 is 1.89 bits per heavy atom. The number of alkyl halides is 3. The molecule has 2 nitrogen and oxygen atoms in total. The number of hydrogen-bond acceptors (Lipinski definition) is 2. The average Bonchev–Trinajstić information content (AvgIpc) is 2.27. The van der Waals surface area contributed by atoms with Crippen LogP contribution in [0.25, 0.3) is 0 Å². The summed E-state index contributed by atoms with van der Waals surface area (Å²) in [7, 11) is 0. The highest BCUT2D eigenvalue weighted by molar-refractivity contribution is 4.79. The molecule has 2 N–H and O–H groups in total. The lowest BCUT2D eigenvalue weighted by Gasteiger charge is -2.30. The molecule has 18 heavy (non-hydrogen) atoms. The van der Waals surface area contributed by atoms with Crippen LogP contribution in [0.1, 0.15) is 39.5 Å². The van der Waals surface area contributed by atoms with E-state index in [1.807, 2.05) is 0 Å². The fraction of sp³-hybridized carbons (Fsp3) is 1.00. The van der Waals surface area contributed by atoms with Gasteiger partial charge in [-0.3, -0.25) is 0 Å². The van der Waals surface area contributed by atoms with Crippen molar-refractivity contribution in [2.45, 2.75) is 51.7 Å². The minimum absolute atomic E-state index is 0.185. The van der Waals surface area contributed by atoms with Gasteiger partial charge in [-0.15, -0.1) is 0 Å². The molecule has 0 aromatic carbocycles. The molecule has 1 rings (SSSR count). The van der Waals surface area contributed by atoms with Crippen molar-refractivity contribution >= 4 is 0 Å². The molecule has 0 amide bonds. The van der Waals surface area contributed by atoms with Gasteiger partial charge in [0.1, 0.15) is 0 Å². The molecule has 2 atom stereocenters. The molecule has 0 saturated heterocycles. The number of nitrogens with one attached hydrogen (secondary N) is 2. The highest BCUT2D eigenvalue weighted by Crippen LogP contribution is 2.39. The molecular formula is C13H25F3N2. The van der Waals surface area contributed by atoms with E-state index in [1.54, 1.807) is 0 Å². The van der Waals surface area contributed by atoms with Crippen LogP contribution in [0.3, 0.4) is 0 Å². The molecule has 1 fully saturated rings. The molecular weight excluding hydrogens is 241 g/mol. The van der Waals surface area contributed by atoms with Crippen molar-refractivity contribution in [1.82, 2.24) is 10.6 Å². The Bertz CT molecular complexity index is 229. The largest absolute Gasteiger partial charge is 0.391 e. The molecule has 108 valence electrons. The second kappa shape index (κ2) is 7.34. The van der Waals surface area contributed by atoms with Crippen LogP contribution in [0.5, 0.6) is 0 Å². The first-order valence-electron chi connectivity index (χ1n) is 6.90. The van der Waals surface area contributed by atoms with Crippen molar-refractivity contribution < 1.29 is 13.2 Å². The minimum Gasteiger partial charge on any atom is -0.315 e. The van der Waals surface area contributed by atoms with E-state index in [9.17, 15) is 13.2 Å². The predicted molar refractivity (Wildman–Crippen MR) is 67.5 cm³/mol. The van der Waals surface area contributed by atoms with Crippen molar-refractivity contribution in [3.8, 4) is 0 Å². The summed E-state index contributed by atoms with van der Waals surface area (Å²) in [6.45, 7) is 6.56. The Kier molecular flexibility index (Phi) is 6.43. The summed E-state index contributed by atoms with van der Waals surface area (Å²) in [4.78, 5) is 0. The van der Waals surface area contributed by atoms with E-state index >= 15 is 0 Å². The normalized spacial score (nSPS) is 25.7. The lowest BCUT2D eigenvalue weighted by molar-refractivity contribution is -0.185. The predicted octanol–water partition coefficient (Wildman–Crippen LogP) is 2.94. The Balaban J connectivity index is 2.15. The van der Waals surface area contributed by atoms with Gasteiger partial charge >= 0.3 is 6.18 Å². The Morgan fingerprint density at radius 3 is 2.50 bits per heavy atom. The lowest BCUT2D eigenvalue weighted by atomic mass is 9.81. The van der Waals surface area contributed by atoms with Crippen LogP contribution in [-0.4, -0.2) is 31.9 Å². The summed E-state index contributed by atoms with van der Waals surface area (Å²) in [6.07, 6.45) is -1.75. The first-order chi connectivity index (χ1) is 8.39. The van der Waals surface area contributed by atoms with E-state index in [4.69, 9.17) is 0 Å². The molecule has 0 aliphatic heterocycles. The monoisotopic (exact) mass is 266 g/mol. The van der Waals surface area contributed by atoms with Gasteiger partial charge in [-0.25, -0.2) is 0 Å². The highest BCUT2D eigenvalue weighted by Gasteiger charge is 2.41. The molecule has 0 spiro atoms.